The van der Waals surface area contributed by atoms with Gasteiger partial charge in [0.1, 0.15) is 17.3 Å². The molecule has 2 aliphatic heterocycles. The van der Waals surface area contributed by atoms with Gasteiger partial charge in [0.05, 0.1) is 17.4 Å². The van der Waals surface area contributed by atoms with Gasteiger partial charge in [0, 0.05) is 25.2 Å². The number of piperidine rings is 1. The van der Waals surface area contributed by atoms with Gasteiger partial charge in [-0.2, -0.15) is 13.2 Å². The summed E-state index contributed by atoms with van der Waals surface area (Å²) in [5.41, 5.74) is -0.970. The third-order valence-corrected chi connectivity index (χ3v) is 6.65. The Labute approximate surface area is 155 Å². The van der Waals surface area contributed by atoms with Crippen LogP contribution in [-0.2, 0) is 20.8 Å². The number of nitrogens with one attached hydrogen (secondary N) is 1. The Morgan fingerprint density at radius 1 is 1.22 bits per heavy atom. The van der Waals surface area contributed by atoms with E-state index < -0.39 is 27.6 Å². The van der Waals surface area contributed by atoms with Gasteiger partial charge >= 0.3 is 6.18 Å². The minimum Gasteiger partial charge on any atom is -0.356 e. The Kier molecular flexibility index (Phi) is 5.33. The van der Waals surface area contributed by atoms with Crippen LogP contribution in [0, 0.1) is 12.8 Å². The smallest absolute Gasteiger partial charge is 0.356 e. The summed E-state index contributed by atoms with van der Waals surface area (Å²) in [6.45, 7) is 2.31. The number of alkyl halides is 3. The van der Waals surface area contributed by atoms with E-state index in [0.717, 1.165) is 6.07 Å². The SMILES string of the molecule is Cc1nc(N2CCC(NC(=O)C3CCS(=O)(=O)C3)CC2)cc(C(F)(F)F)n1. The van der Waals surface area contributed by atoms with Crippen molar-refractivity contribution in [1.29, 1.82) is 0 Å². The summed E-state index contributed by atoms with van der Waals surface area (Å²) in [7, 11) is -3.12. The molecule has 27 heavy (non-hydrogen) atoms. The molecule has 1 aromatic heterocycles. The monoisotopic (exact) mass is 406 g/mol. The van der Waals surface area contributed by atoms with E-state index in [4.69, 9.17) is 0 Å². The molecule has 0 saturated carbocycles. The van der Waals surface area contributed by atoms with Crippen LogP contribution in [0.1, 0.15) is 30.8 Å². The number of aromatic nitrogens is 2. The normalized spacial score (nSPS) is 23.4. The molecule has 0 aliphatic carbocycles. The first-order valence-electron chi connectivity index (χ1n) is 8.72. The molecule has 2 saturated heterocycles. The van der Waals surface area contributed by atoms with Crippen LogP contribution in [0.25, 0.3) is 0 Å². The van der Waals surface area contributed by atoms with Crippen LogP contribution in [0.15, 0.2) is 6.07 Å². The molecule has 3 heterocycles. The second kappa shape index (κ2) is 7.25. The zero-order valence-corrected chi connectivity index (χ0v) is 15.6. The molecule has 3 rings (SSSR count). The molecule has 1 aromatic rings. The van der Waals surface area contributed by atoms with E-state index in [-0.39, 0.29) is 35.1 Å². The molecule has 0 bridgehead atoms. The molecule has 0 spiro atoms. The van der Waals surface area contributed by atoms with Gasteiger partial charge in [-0.3, -0.25) is 4.79 Å². The first-order valence-corrected chi connectivity index (χ1v) is 10.5. The summed E-state index contributed by atoms with van der Waals surface area (Å²) < 4.78 is 61.7. The second-order valence-corrected chi connectivity index (χ2v) is 9.25. The van der Waals surface area contributed by atoms with Gasteiger partial charge in [0.2, 0.25) is 5.91 Å². The molecule has 11 heteroatoms. The van der Waals surface area contributed by atoms with Gasteiger partial charge in [0.25, 0.3) is 0 Å². The zero-order chi connectivity index (χ0) is 19.8. The highest BCUT2D eigenvalue weighted by Crippen LogP contribution is 2.30. The van der Waals surface area contributed by atoms with Gasteiger partial charge in [-0.25, -0.2) is 18.4 Å². The number of anilines is 1. The molecule has 0 aromatic carbocycles. The van der Waals surface area contributed by atoms with E-state index in [9.17, 15) is 26.4 Å². The number of hydrogen-bond acceptors (Lipinski definition) is 6. The van der Waals surface area contributed by atoms with Gasteiger partial charge in [-0.1, -0.05) is 0 Å². The van der Waals surface area contributed by atoms with Crippen LogP contribution in [-0.4, -0.2) is 54.9 Å². The topological polar surface area (TPSA) is 92.3 Å². The number of rotatable bonds is 3. The minimum absolute atomic E-state index is 0.0398. The van der Waals surface area contributed by atoms with Crippen LogP contribution in [0.2, 0.25) is 0 Å². The standard InChI is InChI=1S/C16H21F3N4O3S/c1-10-20-13(16(17,18)19)8-14(21-10)23-5-2-12(3-6-23)22-15(24)11-4-7-27(25,26)9-11/h8,11-12H,2-7,9H2,1H3,(H,22,24). The van der Waals surface area contributed by atoms with E-state index in [0.29, 0.717) is 32.4 Å². The van der Waals surface area contributed by atoms with Crippen molar-refractivity contribution in [1.82, 2.24) is 15.3 Å². The summed E-state index contributed by atoms with van der Waals surface area (Å²) in [5.74, 6) is -0.561. The van der Waals surface area contributed by atoms with Crippen molar-refractivity contribution in [3.8, 4) is 0 Å². The molecule has 1 unspecified atom stereocenters. The summed E-state index contributed by atoms with van der Waals surface area (Å²) in [5, 5.41) is 2.87. The van der Waals surface area contributed by atoms with Gasteiger partial charge in [-0.15, -0.1) is 0 Å². The average Bonchev–Trinajstić information content (AvgIpc) is 2.94. The first kappa shape index (κ1) is 19.8. The number of halogens is 3. The van der Waals surface area contributed by atoms with Crippen LogP contribution in [0.4, 0.5) is 19.0 Å². The third-order valence-electron chi connectivity index (χ3n) is 4.88. The van der Waals surface area contributed by atoms with Crippen molar-refractivity contribution in [2.75, 3.05) is 29.5 Å². The maximum atomic E-state index is 12.9. The Morgan fingerprint density at radius 3 is 2.44 bits per heavy atom. The number of carbonyl (C=O) groups excluding carboxylic acids is 1. The lowest BCUT2D eigenvalue weighted by molar-refractivity contribution is -0.141. The molecule has 1 atom stereocenters. The fourth-order valence-electron chi connectivity index (χ4n) is 3.43. The number of nitrogens with zero attached hydrogens (tertiary/aromatic N) is 3. The van der Waals surface area contributed by atoms with Crippen LogP contribution in [0.3, 0.4) is 0 Å². The van der Waals surface area contributed by atoms with Crippen molar-refractivity contribution in [3.63, 3.8) is 0 Å². The molecule has 0 radical (unpaired) electrons. The largest absolute Gasteiger partial charge is 0.433 e. The van der Waals surface area contributed by atoms with Crippen molar-refractivity contribution in [3.05, 3.63) is 17.6 Å². The molecule has 2 aliphatic rings. The summed E-state index contributed by atoms with van der Waals surface area (Å²) in [6, 6.07) is 0.817. The molecule has 1 N–H and O–H groups in total. The Morgan fingerprint density at radius 2 is 1.89 bits per heavy atom. The van der Waals surface area contributed by atoms with E-state index >= 15 is 0 Å². The molecule has 7 nitrogen and oxygen atoms in total. The van der Waals surface area contributed by atoms with Gasteiger partial charge < -0.3 is 10.2 Å². The lowest BCUT2D eigenvalue weighted by atomic mass is 10.0. The predicted molar refractivity (Wildman–Crippen MR) is 91.9 cm³/mol. The van der Waals surface area contributed by atoms with Crippen molar-refractivity contribution >= 4 is 21.6 Å². The highest BCUT2D eigenvalue weighted by atomic mass is 32.2. The zero-order valence-electron chi connectivity index (χ0n) is 14.8. The minimum atomic E-state index is -4.53. The van der Waals surface area contributed by atoms with Crippen molar-refractivity contribution < 1.29 is 26.4 Å². The first-order chi connectivity index (χ1) is 12.5. The lowest BCUT2D eigenvalue weighted by Gasteiger charge is -2.33. The molecular formula is C16H21F3N4O3S. The number of hydrogen-bond donors (Lipinski definition) is 1. The van der Waals surface area contributed by atoms with Crippen molar-refractivity contribution in [2.24, 2.45) is 5.92 Å². The van der Waals surface area contributed by atoms with E-state index in [2.05, 4.69) is 15.3 Å². The number of aryl methyl sites for hydroxylation is 1. The maximum Gasteiger partial charge on any atom is 0.433 e. The van der Waals surface area contributed by atoms with Crippen LogP contribution >= 0.6 is 0 Å². The number of sulfone groups is 1. The number of carbonyl (C=O) groups is 1. The fourth-order valence-corrected chi connectivity index (χ4v) is 5.17. The third kappa shape index (κ3) is 4.88. The van der Waals surface area contributed by atoms with Crippen molar-refractivity contribution in [2.45, 2.75) is 38.4 Å². The maximum absolute atomic E-state index is 12.9. The van der Waals surface area contributed by atoms with Crippen LogP contribution < -0.4 is 10.2 Å². The predicted octanol–water partition coefficient (Wildman–Crippen LogP) is 1.32. The Hall–Kier alpha value is -1.91. The molecule has 2 fully saturated rings. The fraction of sp³-hybridized carbons (Fsp3) is 0.688. The Bertz CT molecular complexity index is 821. The summed E-state index contributed by atoms with van der Waals surface area (Å²) in [6.07, 6.45) is -3.09. The van der Waals surface area contributed by atoms with E-state index in [1.54, 1.807) is 4.90 Å². The average molecular weight is 406 g/mol. The Balaban J connectivity index is 1.58. The lowest BCUT2D eigenvalue weighted by Crippen LogP contribution is -2.46. The highest BCUT2D eigenvalue weighted by molar-refractivity contribution is 7.91. The second-order valence-electron chi connectivity index (χ2n) is 7.03. The van der Waals surface area contributed by atoms with Gasteiger partial charge in [-0.05, 0) is 26.2 Å². The van der Waals surface area contributed by atoms with Gasteiger partial charge in [0.15, 0.2) is 9.84 Å². The molecular weight excluding hydrogens is 385 g/mol. The highest BCUT2D eigenvalue weighted by Gasteiger charge is 2.35. The van der Waals surface area contributed by atoms with Crippen LogP contribution in [0.5, 0.6) is 0 Å². The van der Waals surface area contributed by atoms with E-state index in [1.165, 1.54) is 6.92 Å². The molecule has 150 valence electrons. The molecule has 1 amide bonds. The summed E-state index contributed by atoms with van der Waals surface area (Å²) >= 11 is 0. The quantitative estimate of drug-likeness (QED) is 0.814. The van der Waals surface area contributed by atoms with E-state index in [1.807, 2.05) is 0 Å². The summed E-state index contributed by atoms with van der Waals surface area (Å²) in [4.78, 5) is 21.5. The number of amides is 1.